The van der Waals surface area contributed by atoms with Crippen LogP contribution in [-0.2, 0) is 6.67 Å². The molecule has 1 N–H and O–H groups in total. The molecule has 1 fully saturated rings. The number of nitrogens with zero attached hydrogens (tertiary/aromatic N) is 6. The van der Waals surface area contributed by atoms with Gasteiger partial charge in [0.1, 0.15) is 5.75 Å². The van der Waals surface area contributed by atoms with Crippen molar-refractivity contribution in [1.29, 1.82) is 0 Å². The summed E-state index contributed by atoms with van der Waals surface area (Å²) < 4.78 is 7.66. The number of anilines is 1. The number of hydrogen-bond acceptors (Lipinski definition) is 7. The summed E-state index contributed by atoms with van der Waals surface area (Å²) in [5.41, 5.74) is 0.978. The first-order valence-corrected chi connectivity index (χ1v) is 9.19. The summed E-state index contributed by atoms with van der Waals surface area (Å²) in [6.07, 6.45) is 3.55. The Morgan fingerprint density at radius 2 is 1.78 bits per heavy atom. The number of rotatable bonds is 5. The van der Waals surface area contributed by atoms with Crippen LogP contribution in [-0.4, -0.2) is 62.9 Å². The lowest BCUT2D eigenvalue weighted by molar-refractivity contribution is 0.194. The van der Waals surface area contributed by atoms with Gasteiger partial charge in [-0.1, -0.05) is 0 Å². The summed E-state index contributed by atoms with van der Waals surface area (Å²) in [6, 6.07) is 9.59. The summed E-state index contributed by atoms with van der Waals surface area (Å²) in [7, 11) is 1.65. The Morgan fingerprint density at radius 3 is 2.44 bits per heavy atom. The summed E-state index contributed by atoms with van der Waals surface area (Å²) in [5, 5.41) is 3.31. The highest BCUT2D eigenvalue weighted by atomic mass is 32.1. The van der Waals surface area contributed by atoms with Gasteiger partial charge in [0.05, 0.1) is 13.8 Å². The van der Waals surface area contributed by atoms with E-state index in [9.17, 15) is 0 Å². The maximum Gasteiger partial charge on any atom is 0.225 e. The van der Waals surface area contributed by atoms with Crippen LogP contribution in [0, 0.1) is 4.77 Å². The lowest BCUT2D eigenvalue weighted by atomic mass is 10.2. The van der Waals surface area contributed by atoms with Gasteiger partial charge in [-0.05, 0) is 42.5 Å². The number of aromatic amines is 1. The van der Waals surface area contributed by atoms with Crippen molar-refractivity contribution >= 4 is 18.2 Å². The molecule has 0 unspecified atom stereocenters. The topological polar surface area (TPSA) is 75.1 Å². The van der Waals surface area contributed by atoms with Crippen LogP contribution >= 0.6 is 12.2 Å². The number of methoxy groups -OCH3 is 1. The Labute approximate surface area is 162 Å². The third-order valence-corrected chi connectivity index (χ3v) is 4.90. The lowest BCUT2D eigenvalue weighted by Gasteiger charge is -2.34. The maximum absolute atomic E-state index is 5.43. The number of aromatic nitrogens is 5. The third-order valence-electron chi connectivity index (χ3n) is 4.59. The van der Waals surface area contributed by atoms with Crippen molar-refractivity contribution in [3.63, 3.8) is 0 Å². The molecule has 4 rings (SSSR count). The second-order valence-electron chi connectivity index (χ2n) is 6.31. The molecular weight excluding hydrogens is 362 g/mol. The Hall–Kier alpha value is -2.78. The average Bonchev–Trinajstić information content (AvgIpc) is 3.09. The molecular formula is C18H21N7OS. The monoisotopic (exact) mass is 383 g/mol. The fourth-order valence-corrected chi connectivity index (χ4v) is 3.27. The van der Waals surface area contributed by atoms with Crippen molar-refractivity contribution < 1.29 is 4.74 Å². The van der Waals surface area contributed by atoms with Gasteiger partial charge in [-0.15, -0.1) is 0 Å². The summed E-state index contributed by atoms with van der Waals surface area (Å²) >= 11 is 5.43. The van der Waals surface area contributed by atoms with E-state index in [1.807, 2.05) is 35.0 Å². The molecule has 1 aliphatic heterocycles. The van der Waals surface area contributed by atoms with Crippen molar-refractivity contribution in [2.24, 2.45) is 0 Å². The van der Waals surface area contributed by atoms with Crippen molar-refractivity contribution in [3.8, 4) is 17.1 Å². The molecule has 8 nitrogen and oxygen atoms in total. The first kappa shape index (κ1) is 17.6. The predicted octanol–water partition coefficient (Wildman–Crippen LogP) is 2.19. The van der Waals surface area contributed by atoms with Gasteiger partial charge in [0.2, 0.25) is 10.7 Å². The third kappa shape index (κ3) is 3.99. The number of nitrogens with one attached hydrogen (secondary N) is 1. The van der Waals surface area contributed by atoms with Crippen LogP contribution in [0.15, 0.2) is 42.7 Å². The number of piperazine rings is 1. The molecule has 0 aliphatic carbocycles. The van der Waals surface area contributed by atoms with Crippen LogP contribution < -0.4 is 9.64 Å². The normalized spacial score (nSPS) is 15.1. The number of ether oxygens (including phenoxy) is 1. The van der Waals surface area contributed by atoms with E-state index >= 15 is 0 Å². The molecule has 0 atom stereocenters. The van der Waals surface area contributed by atoms with Crippen LogP contribution in [0.2, 0.25) is 0 Å². The minimum Gasteiger partial charge on any atom is -0.497 e. The summed E-state index contributed by atoms with van der Waals surface area (Å²) in [6.45, 7) is 4.28. The highest BCUT2D eigenvalue weighted by molar-refractivity contribution is 7.71. The molecule has 1 aliphatic rings. The second-order valence-corrected chi connectivity index (χ2v) is 6.67. The molecule has 3 heterocycles. The number of hydrogen-bond donors (Lipinski definition) is 1. The zero-order valence-electron chi connectivity index (χ0n) is 15.1. The van der Waals surface area contributed by atoms with E-state index < -0.39 is 0 Å². The summed E-state index contributed by atoms with van der Waals surface area (Å²) in [4.78, 5) is 17.7. The molecule has 0 spiro atoms. The predicted molar refractivity (Wildman–Crippen MR) is 105 cm³/mol. The maximum atomic E-state index is 5.43. The highest BCUT2D eigenvalue weighted by Gasteiger charge is 2.19. The minimum absolute atomic E-state index is 0.551. The second kappa shape index (κ2) is 7.85. The van der Waals surface area contributed by atoms with Crippen LogP contribution in [0.3, 0.4) is 0 Å². The van der Waals surface area contributed by atoms with Gasteiger partial charge in [0, 0.05) is 44.1 Å². The molecule has 0 bridgehead atoms. The Kier molecular flexibility index (Phi) is 5.12. The smallest absolute Gasteiger partial charge is 0.225 e. The number of H-pyrrole nitrogens is 1. The largest absolute Gasteiger partial charge is 0.497 e. The van der Waals surface area contributed by atoms with E-state index in [-0.39, 0.29) is 0 Å². The molecule has 9 heteroatoms. The Bertz CT molecular complexity index is 930. The molecule has 1 saturated heterocycles. The highest BCUT2D eigenvalue weighted by Crippen LogP contribution is 2.19. The zero-order chi connectivity index (χ0) is 18.6. The summed E-state index contributed by atoms with van der Waals surface area (Å²) in [5.74, 6) is 2.37. The number of benzene rings is 1. The van der Waals surface area contributed by atoms with Gasteiger partial charge >= 0.3 is 0 Å². The van der Waals surface area contributed by atoms with Gasteiger partial charge < -0.3 is 9.64 Å². The fourth-order valence-electron chi connectivity index (χ4n) is 3.07. The molecule has 0 saturated carbocycles. The van der Waals surface area contributed by atoms with Crippen LogP contribution in [0.1, 0.15) is 0 Å². The molecule has 140 valence electrons. The van der Waals surface area contributed by atoms with Crippen molar-refractivity contribution in [1.82, 2.24) is 29.6 Å². The Balaban J connectivity index is 1.40. The van der Waals surface area contributed by atoms with Crippen molar-refractivity contribution in [2.45, 2.75) is 6.67 Å². The van der Waals surface area contributed by atoms with Crippen LogP contribution in [0.25, 0.3) is 11.4 Å². The first-order chi connectivity index (χ1) is 13.2. The van der Waals surface area contributed by atoms with Crippen molar-refractivity contribution in [2.75, 3.05) is 38.2 Å². The zero-order valence-corrected chi connectivity index (χ0v) is 15.9. The molecule has 1 aromatic carbocycles. The van der Waals surface area contributed by atoms with E-state index in [2.05, 4.69) is 29.9 Å². The quantitative estimate of drug-likeness (QED) is 0.677. The first-order valence-electron chi connectivity index (χ1n) is 8.78. The van der Waals surface area contributed by atoms with Crippen LogP contribution in [0.4, 0.5) is 5.95 Å². The molecule has 0 amide bonds. The van der Waals surface area contributed by atoms with Crippen LogP contribution in [0.5, 0.6) is 5.75 Å². The van der Waals surface area contributed by atoms with Gasteiger partial charge in [-0.2, -0.15) is 4.98 Å². The molecule has 3 aromatic rings. The van der Waals surface area contributed by atoms with E-state index in [1.165, 1.54) is 0 Å². The standard InChI is InChI=1S/C18H21N7OS/c1-26-15-5-3-14(4-6-15)16-21-18(27)25(22-16)13-23-9-11-24(12-10-23)17-19-7-2-8-20-17/h2-8H,9-13H2,1H3,(H,21,22,27). The van der Waals surface area contributed by atoms with E-state index in [0.717, 1.165) is 49.3 Å². The Morgan fingerprint density at radius 1 is 1.07 bits per heavy atom. The molecule has 2 aromatic heterocycles. The van der Waals surface area contributed by atoms with Gasteiger partial charge in [0.15, 0.2) is 5.82 Å². The average molecular weight is 383 g/mol. The van der Waals surface area contributed by atoms with Gasteiger partial charge in [0.25, 0.3) is 0 Å². The fraction of sp³-hybridized carbons (Fsp3) is 0.333. The molecule has 0 radical (unpaired) electrons. The van der Waals surface area contributed by atoms with E-state index in [4.69, 9.17) is 17.0 Å². The SMILES string of the molecule is COc1ccc(-c2nc(=S)n(CN3CCN(c4ncccn4)CC3)[nH]2)cc1. The van der Waals surface area contributed by atoms with Gasteiger partial charge in [-0.3, -0.25) is 10.00 Å². The lowest BCUT2D eigenvalue weighted by Crippen LogP contribution is -2.47. The van der Waals surface area contributed by atoms with E-state index in [1.54, 1.807) is 19.5 Å². The minimum atomic E-state index is 0.551. The van der Waals surface area contributed by atoms with Gasteiger partial charge in [-0.25, -0.2) is 14.6 Å². The van der Waals surface area contributed by atoms with E-state index in [0.29, 0.717) is 11.4 Å². The van der Waals surface area contributed by atoms with Crippen molar-refractivity contribution in [3.05, 3.63) is 47.5 Å². The molecule has 27 heavy (non-hydrogen) atoms.